The van der Waals surface area contributed by atoms with E-state index < -0.39 is 118 Å². The molecule has 0 unspecified atom stereocenters. The summed E-state index contributed by atoms with van der Waals surface area (Å²) in [6.07, 6.45) is -14.0. The topological polar surface area (TPSA) is 95.1 Å². The molecule has 346 valence electrons. The quantitative estimate of drug-likeness (QED) is 0.113. The Labute approximate surface area is 365 Å². The first-order valence-electron chi connectivity index (χ1n) is 18.9. The summed E-state index contributed by atoms with van der Waals surface area (Å²) < 4.78 is 195. The van der Waals surface area contributed by atoms with Crippen molar-refractivity contribution in [3.63, 3.8) is 0 Å². The predicted molar refractivity (Wildman–Crippen MR) is 210 cm³/mol. The summed E-state index contributed by atoms with van der Waals surface area (Å²) in [7, 11) is 3.10. The van der Waals surface area contributed by atoms with Crippen molar-refractivity contribution in [1.82, 2.24) is 0 Å². The number of carbonyl (C=O) groups excluding carboxylic acids is 2. The number of alkyl halides is 6. The van der Waals surface area contributed by atoms with Gasteiger partial charge in [-0.2, -0.15) is 35.1 Å². The second-order valence-electron chi connectivity index (χ2n) is 15.3. The van der Waals surface area contributed by atoms with Gasteiger partial charge in [0, 0.05) is 46.2 Å². The number of benzene rings is 4. The zero-order valence-corrected chi connectivity index (χ0v) is 35.7. The Kier molecular flexibility index (Phi) is 13.6. The van der Waals surface area contributed by atoms with E-state index in [9.17, 15) is 53.5 Å². The lowest BCUT2D eigenvalue weighted by Crippen LogP contribution is -2.47. The van der Waals surface area contributed by atoms with Gasteiger partial charge in [-0.25, -0.2) is 17.6 Å². The van der Waals surface area contributed by atoms with Crippen LogP contribution in [0.2, 0.25) is 0 Å². The third-order valence-electron chi connectivity index (χ3n) is 11.8. The molecule has 8 nitrogen and oxygen atoms in total. The molecule has 6 rings (SSSR count). The highest BCUT2D eigenvalue weighted by Gasteiger charge is 2.67. The molecule has 2 heterocycles. The SMILES string of the molecule is COc1c([C@H]2[C@H](C(=O)Nc3ccc(F)c(SSc4cc(NC(=O)[C@@H]5O[C@@](C)(C(F)(F)F)[C@@H](C)[C@H]5c5ccc(F)c(F)c5OC)ccc4F)c3)O[C@@](C)(C(F)(F)F)[C@H]2C)ccc(F)c1F. The maximum absolute atomic E-state index is 15.1. The minimum absolute atomic E-state index is 0.173. The minimum Gasteiger partial charge on any atom is -0.493 e. The van der Waals surface area contributed by atoms with E-state index in [1.165, 1.54) is 0 Å². The molecular formula is C42H36F12N2O6S2. The molecule has 2 aliphatic rings. The van der Waals surface area contributed by atoms with Gasteiger partial charge in [0.25, 0.3) is 11.8 Å². The zero-order chi connectivity index (χ0) is 47.4. The van der Waals surface area contributed by atoms with E-state index in [4.69, 9.17) is 18.9 Å². The average molecular weight is 957 g/mol. The van der Waals surface area contributed by atoms with Crippen LogP contribution in [0.4, 0.5) is 64.1 Å². The van der Waals surface area contributed by atoms with Crippen molar-refractivity contribution in [3.05, 3.63) is 107 Å². The molecule has 4 aromatic rings. The van der Waals surface area contributed by atoms with Crippen molar-refractivity contribution in [2.24, 2.45) is 11.8 Å². The molecule has 2 saturated heterocycles. The highest BCUT2D eigenvalue weighted by Crippen LogP contribution is 2.57. The molecule has 0 saturated carbocycles. The lowest BCUT2D eigenvalue weighted by molar-refractivity contribution is -0.272. The fourth-order valence-corrected chi connectivity index (χ4v) is 10.0. The van der Waals surface area contributed by atoms with Crippen LogP contribution in [0.15, 0.2) is 70.5 Å². The largest absolute Gasteiger partial charge is 0.493 e. The minimum atomic E-state index is -5.05. The zero-order valence-electron chi connectivity index (χ0n) is 34.0. The Morgan fingerprint density at radius 2 is 0.906 bits per heavy atom. The normalized spacial score (nSPS) is 25.9. The van der Waals surface area contributed by atoms with Crippen LogP contribution in [0.25, 0.3) is 0 Å². The van der Waals surface area contributed by atoms with Crippen LogP contribution in [-0.4, -0.2) is 61.8 Å². The van der Waals surface area contributed by atoms with Gasteiger partial charge < -0.3 is 29.6 Å². The number of amides is 2. The summed E-state index contributed by atoms with van der Waals surface area (Å²) in [6, 6.07) is 9.29. The Balaban J connectivity index is 1.22. The number of ether oxygens (including phenoxy) is 4. The van der Waals surface area contributed by atoms with Crippen LogP contribution < -0.4 is 20.1 Å². The lowest BCUT2D eigenvalue weighted by Gasteiger charge is -2.32. The van der Waals surface area contributed by atoms with E-state index in [0.717, 1.165) is 76.6 Å². The van der Waals surface area contributed by atoms with Crippen LogP contribution in [0.3, 0.4) is 0 Å². The first-order valence-corrected chi connectivity index (χ1v) is 21.0. The van der Waals surface area contributed by atoms with Crippen molar-refractivity contribution < 1.29 is 81.2 Å². The number of methoxy groups -OCH3 is 2. The number of rotatable bonds is 11. The molecule has 4 aromatic carbocycles. The molecule has 2 fully saturated rings. The third-order valence-corrected chi connectivity index (χ3v) is 14.2. The Morgan fingerprint density at radius 1 is 0.578 bits per heavy atom. The summed E-state index contributed by atoms with van der Waals surface area (Å²) in [6.45, 7) is 3.63. The summed E-state index contributed by atoms with van der Waals surface area (Å²) in [5, 5.41) is 4.72. The van der Waals surface area contributed by atoms with Crippen molar-refractivity contribution in [3.8, 4) is 11.5 Å². The summed E-state index contributed by atoms with van der Waals surface area (Å²) in [5.41, 5.74) is -6.85. The monoisotopic (exact) mass is 956 g/mol. The maximum atomic E-state index is 15.1. The van der Waals surface area contributed by atoms with Gasteiger partial charge in [0.05, 0.1) is 24.0 Å². The molecule has 0 aliphatic carbocycles. The number of anilines is 2. The summed E-state index contributed by atoms with van der Waals surface area (Å²) >= 11 is 0. The van der Waals surface area contributed by atoms with E-state index in [1.54, 1.807) is 0 Å². The van der Waals surface area contributed by atoms with Crippen molar-refractivity contribution in [2.75, 3.05) is 24.9 Å². The standard InChI is InChI=1S/C42H36F12N2O6S2/c1-17-29(21-9-13-25(45)31(47)33(21)59-5)35(61-39(17,3)41(49,50)51)37(57)55-19-7-11-23(43)27(15-19)63-64-28-16-20(8-12-24(28)44)56-38(58)36-30(18(2)40(4,62-36)42(52,53)54)22-10-14-26(46)32(48)34(22)60-6/h7-18,29-30,35-36H,1-6H3,(H,55,57)(H,56,58)/t17-,18-,29-,30-,35+,36+,39+,40+/m0/s1. The molecule has 0 bridgehead atoms. The molecule has 2 amide bonds. The van der Waals surface area contributed by atoms with Crippen LogP contribution >= 0.6 is 21.6 Å². The van der Waals surface area contributed by atoms with Crippen molar-refractivity contribution in [1.29, 1.82) is 0 Å². The van der Waals surface area contributed by atoms with Gasteiger partial charge in [-0.05, 0) is 84.0 Å². The second-order valence-corrected chi connectivity index (χ2v) is 17.5. The fraction of sp³-hybridized carbons (Fsp3) is 0.381. The van der Waals surface area contributed by atoms with E-state index in [1.807, 2.05) is 0 Å². The second kappa shape index (κ2) is 17.9. The molecule has 0 radical (unpaired) electrons. The fourth-order valence-electron chi connectivity index (χ4n) is 7.89. The maximum Gasteiger partial charge on any atom is 0.417 e. The molecule has 2 N–H and O–H groups in total. The predicted octanol–water partition coefficient (Wildman–Crippen LogP) is 11.5. The van der Waals surface area contributed by atoms with Gasteiger partial charge >= 0.3 is 12.4 Å². The highest BCUT2D eigenvalue weighted by molar-refractivity contribution is 8.76. The number of carbonyl (C=O) groups is 2. The van der Waals surface area contributed by atoms with E-state index >= 15 is 8.78 Å². The van der Waals surface area contributed by atoms with Gasteiger partial charge in [-0.3, -0.25) is 9.59 Å². The molecule has 0 spiro atoms. The first-order chi connectivity index (χ1) is 29.8. The number of nitrogens with one attached hydrogen (secondary N) is 2. The highest BCUT2D eigenvalue weighted by atomic mass is 33.1. The van der Waals surface area contributed by atoms with E-state index in [0.29, 0.717) is 47.6 Å². The smallest absolute Gasteiger partial charge is 0.417 e. The number of hydrogen-bond donors (Lipinski definition) is 2. The number of halogens is 12. The molecule has 64 heavy (non-hydrogen) atoms. The third kappa shape index (κ3) is 8.69. The lowest BCUT2D eigenvalue weighted by atomic mass is 9.77. The van der Waals surface area contributed by atoms with Crippen LogP contribution in [0.5, 0.6) is 11.5 Å². The van der Waals surface area contributed by atoms with E-state index in [-0.39, 0.29) is 32.3 Å². The summed E-state index contributed by atoms with van der Waals surface area (Å²) in [5.74, 6) is -17.6. The van der Waals surface area contributed by atoms with Gasteiger partial charge in [-0.15, -0.1) is 0 Å². The van der Waals surface area contributed by atoms with Gasteiger partial charge in [0.1, 0.15) is 23.8 Å². The first kappa shape index (κ1) is 48.7. The Hall–Kier alpha value is -4.80. The van der Waals surface area contributed by atoms with Crippen molar-refractivity contribution in [2.45, 2.75) is 85.1 Å². The van der Waals surface area contributed by atoms with Crippen LogP contribution in [-0.2, 0) is 19.1 Å². The summed E-state index contributed by atoms with van der Waals surface area (Å²) in [4.78, 5) is 26.9. The Bertz CT molecular complexity index is 2290. The number of hydrogen-bond acceptors (Lipinski definition) is 8. The van der Waals surface area contributed by atoms with Gasteiger partial charge in [-0.1, -0.05) is 26.0 Å². The molecular weight excluding hydrogens is 921 g/mol. The van der Waals surface area contributed by atoms with Crippen LogP contribution in [0, 0.1) is 46.7 Å². The molecule has 0 aromatic heterocycles. The molecule has 22 heteroatoms. The Morgan fingerprint density at radius 3 is 1.22 bits per heavy atom. The average Bonchev–Trinajstić information content (AvgIpc) is 3.67. The van der Waals surface area contributed by atoms with Gasteiger partial charge in [0.15, 0.2) is 34.3 Å². The molecule has 2 aliphatic heterocycles. The van der Waals surface area contributed by atoms with E-state index in [2.05, 4.69) is 10.6 Å². The van der Waals surface area contributed by atoms with Crippen molar-refractivity contribution >= 4 is 44.8 Å². The van der Waals surface area contributed by atoms with Gasteiger partial charge in [0.2, 0.25) is 11.6 Å². The molecule has 8 atom stereocenters. The van der Waals surface area contributed by atoms with Crippen LogP contribution in [0.1, 0.15) is 50.7 Å².